The Labute approximate surface area is 131 Å². The number of rotatable bonds is 3. The molecule has 1 unspecified atom stereocenters. The van der Waals surface area contributed by atoms with Gasteiger partial charge in [0.2, 0.25) is 0 Å². The summed E-state index contributed by atoms with van der Waals surface area (Å²) in [6.45, 7) is 0. The molecule has 0 radical (unpaired) electrons. The SMILES string of the molecule is CNC(c1ccc(F)cc1)c1nc2ccccc2cc1Br. The zero-order valence-electron chi connectivity index (χ0n) is 11.5. The maximum Gasteiger partial charge on any atom is 0.123 e. The molecule has 2 nitrogen and oxygen atoms in total. The van der Waals surface area contributed by atoms with Crippen LogP contribution in [0.1, 0.15) is 17.3 Å². The summed E-state index contributed by atoms with van der Waals surface area (Å²) in [5.41, 5.74) is 2.81. The molecule has 21 heavy (non-hydrogen) atoms. The van der Waals surface area contributed by atoms with E-state index in [1.165, 1.54) is 12.1 Å². The third-order valence-electron chi connectivity index (χ3n) is 3.47. The van der Waals surface area contributed by atoms with Gasteiger partial charge in [-0.2, -0.15) is 0 Å². The van der Waals surface area contributed by atoms with Gasteiger partial charge in [-0.3, -0.25) is 0 Å². The van der Waals surface area contributed by atoms with Crippen molar-refractivity contribution in [1.82, 2.24) is 10.3 Å². The van der Waals surface area contributed by atoms with Crippen LogP contribution in [0.5, 0.6) is 0 Å². The lowest BCUT2D eigenvalue weighted by Gasteiger charge is -2.18. The molecule has 1 aromatic heterocycles. The van der Waals surface area contributed by atoms with Crippen LogP contribution >= 0.6 is 15.9 Å². The number of aromatic nitrogens is 1. The van der Waals surface area contributed by atoms with Crippen LogP contribution in [0.3, 0.4) is 0 Å². The van der Waals surface area contributed by atoms with Crippen LogP contribution in [0, 0.1) is 5.82 Å². The minimum Gasteiger partial charge on any atom is -0.308 e. The molecule has 0 aliphatic heterocycles. The first kappa shape index (κ1) is 14.2. The fraction of sp³-hybridized carbons (Fsp3) is 0.118. The first-order valence-electron chi connectivity index (χ1n) is 6.67. The lowest BCUT2D eigenvalue weighted by atomic mass is 10.0. The van der Waals surface area contributed by atoms with E-state index in [1.54, 1.807) is 12.1 Å². The third-order valence-corrected chi connectivity index (χ3v) is 4.11. The van der Waals surface area contributed by atoms with Crippen molar-refractivity contribution < 1.29 is 4.39 Å². The molecule has 1 N–H and O–H groups in total. The average molecular weight is 345 g/mol. The molecule has 0 amide bonds. The molecule has 106 valence electrons. The van der Waals surface area contributed by atoms with Gasteiger partial charge in [-0.15, -0.1) is 0 Å². The molecular weight excluding hydrogens is 331 g/mol. The summed E-state index contributed by atoms with van der Waals surface area (Å²) < 4.78 is 14.0. The van der Waals surface area contributed by atoms with Gasteiger partial charge in [-0.1, -0.05) is 30.3 Å². The molecule has 0 fully saturated rings. The van der Waals surface area contributed by atoms with Crippen molar-refractivity contribution in [3.05, 3.63) is 76.1 Å². The molecule has 1 heterocycles. The maximum atomic E-state index is 13.1. The molecule has 1 atom stereocenters. The van der Waals surface area contributed by atoms with Gasteiger partial charge < -0.3 is 5.32 Å². The fourth-order valence-electron chi connectivity index (χ4n) is 2.42. The van der Waals surface area contributed by atoms with Crippen LogP contribution in [0.25, 0.3) is 10.9 Å². The molecule has 4 heteroatoms. The summed E-state index contributed by atoms with van der Waals surface area (Å²) >= 11 is 3.59. The Morgan fingerprint density at radius 3 is 2.52 bits per heavy atom. The molecule has 0 bridgehead atoms. The normalized spacial score (nSPS) is 12.5. The van der Waals surface area contributed by atoms with Gasteiger partial charge in [0.1, 0.15) is 5.82 Å². The van der Waals surface area contributed by atoms with Gasteiger partial charge in [0.25, 0.3) is 0 Å². The van der Waals surface area contributed by atoms with Crippen molar-refractivity contribution in [2.75, 3.05) is 7.05 Å². The molecule has 0 aliphatic rings. The molecule has 3 rings (SSSR count). The number of fused-ring (bicyclic) bond motifs is 1. The van der Waals surface area contributed by atoms with Gasteiger partial charge in [-0.25, -0.2) is 9.37 Å². The molecule has 0 saturated heterocycles. The average Bonchev–Trinajstić information content (AvgIpc) is 2.50. The van der Waals surface area contributed by atoms with Crippen LogP contribution in [0.15, 0.2) is 59.1 Å². The highest BCUT2D eigenvalue weighted by atomic mass is 79.9. The van der Waals surface area contributed by atoms with Crippen LogP contribution in [-0.4, -0.2) is 12.0 Å². The monoisotopic (exact) mass is 344 g/mol. The summed E-state index contributed by atoms with van der Waals surface area (Å²) in [5.74, 6) is -0.237. The van der Waals surface area contributed by atoms with E-state index in [4.69, 9.17) is 4.98 Å². The Morgan fingerprint density at radius 1 is 1.10 bits per heavy atom. The van der Waals surface area contributed by atoms with Crippen molar-refractivity contribution in [2.24, 2.45) is 0 Å². The summed E-state index contributed by atoms with van der Waals surface area (Å²) in [4.78, 5) is 4.74. The van der Waals surface area contributed by atoms with Crippen molar-refractivity contribution >= 4 is 26.8 Å². The highest BCUT2D eigenvalue weighted by Gasteiger charge is 2.17. The quantitative estimate of drug-likeness (QED) is 0.759. The van der Waals surface area contributed by atoms with Gasteiger partial charge in [0.15, 0.2) is 0 Å². The highest BCUT2D eigenvalue weighted by molar-refractivity contribution is 9.10. The number of hydrogen-bond donors (Lipinski definition) is 1. The lowest BCUT2D eigenvalue weighted by Crippen LogP contribution is -2.19. The predicted octanol–water partition coefficient (Wildman–Crippen LogP) is 4.45. The maximum absolute atomic E-state index is 13.1. The van der Waals surface area contributed by atoms with E-state index < -0.39 is 0 Å². The summed E-state index contributed by atoms with van der Waals surface area (Å²) in [6, 6.07) is 16.4. The summed E-state index contributed by atoms with van der Waals surface area (Å²) in [6.07, 6.45) is 0. The second-order valence-corrected chi connectivity index (χ2v) is 5.68. The first-order valence-corrected chi connectivity index (χ1v) is 7.46. The Morgan fingerprint density at radius 2 is 1.81 bits per heavy atom. The van der Waals surface area contributed by atoms with Gasteiger partial charge in [0.05, 0.1) is 17.3 Å². The van der Waals surface area contributed by atoms with E-state index in [1.807, 2.05) is 31.3 Å². The zero-order valence-corrected chi connectivity index (χ0v) is 13.1. The van der Waals surface area contributed by atoms with E-state index >= 15 is 0 Å². The van der Waals surface area contributed by atoms with E-state index in [0.29, 0.717) is 0 Å². The van der Waals surface area contributed by atoms with E-state index in [9.17, 15) is 4.39 Å². The number of para-hydroxylation sites is 1. The van der Waals surface area contributed by atoms with E-state index in [2.05, 4.69) is 27.3 Å². The largest absolute Gasteiger partial charge is 0.308 e. The summed E-state index contributed by atoms with van der Waals surface area (Å²) in [5, 5.41) is 4.33. The Hall–Kier alpha value is -1.78. The van der Waals surface area contributed by atoms with Crippen LogP contribution in [0.2, 0.25) is 0 Å². The first-order chi connectivity index (χ1) is 10.2. The van der Waals surface area contributed by atoms with Crippen LogP contribution in [-0.2, 0) is 0 Å². The highest BCUT2D eigenvalue weighted by Crippen LogP contribution is 2.29. The molecule has 0 aliphatic carbocycles. The van der Waals surface area contributed by atoms with Crippen molar-refractivity contribution in [1.29, 1.82) is 0 Å². The van der Waals surface area contributed by atoms with Crippen LogP contribution in [0.4, 0.5) is 4.39 Å². The van der Waals surface area contributed by atoms with Crippen molar-refractivity contribution in [2.45, 2.75) is 6.04 Å². The fourth-order valence-corrected chi connectivity index (χ4v) is 2.99. The standard InChI is InChI=1S/C17H14BrFN2/c1-20-16(11-6-8-13(19)9-7-11)17-14(18)10-12-4-2-3-5-15(12)21-17/h2-10,16,20H,1H3. The molecule has 3 aromatic rings. The van der Waals surface area contributed by atoms with Crippen molar-refractivity contribution in [3.63, 3.8) is 0 Å². The summed E-state index contributed by atoms with van der Waals surface area (Å²) in [7, 11) is 1.87. The smallest absolute Gasteiger partial charge is 0.123 e. The lowest BCUT2D eigenvalue weighted by molar-refractivity contribution is 0.622. The Balaban J connectivity index is 2.12. The van der Waals surface area contributed by atoms with E-state index in [-0.39, 0.29) is 11.9 Å². The van der Waals surface area contributed by atoms with Gasteiger partial charge >= 0.3 is 0 Å². The number of nitrogens with zero attached hydrogens (tertiary/aromatic N) is 1. The number of halogens is 2. The van der Waals surface area contributed by atoms with E-state index in [0.717, 1.165) is 26.6 Å². The third kappa shape index (κ3) is 2.82. The predicted molar refractivity (Wildman–Crippen MR) is 86.7 cm³/mol. The number of benzene rings is 2. The minimum atomic E-state index is -0.237. The Kier molecular flexibility index (Phi) is 3.99. The molecule has 0 spiro atoms. The topological polar surface area (TPSA) is 24.9 Å². The van der Waals surface area contributed by atoms with Gasteiger partial charge in [-0.05, 0) is 52.8 Å². The molecular formula is C17H14BrFN2. The van der Waals surface area contributed by atoms with Gasteiger partial charge in [0, 0.05) is 9.86 Å². The molecule has 2 aromatic carbocycles. The number of nitrogens with one attached hydrogen (secondary N) is 1. The minimum absolute atomic E-state index is 0.0930. The molecule has 0 saturated carbocycles. The zero-order chi connectivity index (χ0) is 14.8. The number of hydrogen-bond acceptors (Lipinski definition) is 2. The van der Waals surface area contributed by atoms with Crippen LogP contribution < -0.4 is 5.32 Å². The second kappa shape index (κ2) is 5.92. The second-order valence-electron chi connectivity index (χ2n) is 4.82. The number of pyridine rings is 1. The van der Waals surface area contributed by atoms with Crippen molar-refractivity contribution in [3.8, 4) is 0 Å². The Bertz CT molecular complexity index is 771.